The first-order valence-electron chi connectivity index (χ1n) is 15.4. The lowest BCUT2D eigenvalue weighted by Gasteiger charge is -2.17. The number of hydrogen-bond donors (Lipinski definition) is 1. The van der Waals surface area contributed by atoms with Crippen LogP contribution in [0.1, 0.15) is 101 Å². The van der Waals surface area contributed by atoms with E-state index in [9.17, 15) is 13.6 Å². The molecule has 1 amide bonds. The molecule has 230 valence electrons. The van der Waals surface area contributed by atoms with E-state index in [0.717, 1.165) is 44.5 Å². The molecule has 0 spiro atoms. The van der Waals surface area contributed by atoms with Crippen LogP contribution in [0.5, 0.6) is 11.5 Å². The predicted octanol–water partition coefficient (Wildman–Crippen LogP) is 7.94. The number of halogens is 2. The maximum absolute atomic E-state index is 13.3. The van der Waals surface area contributed by atoms with Gasteiger partial charge in [0.25, 0.3) is 5.91 Å². The molecule has 0 radical (unpaired) electrons. The van der Waals surface area contributed by atoms with Gasteiger partial charge in [-0.3, -0.25) is 9.20 Å². The van der Waals surface area contributed by atoms with E-state index in [-0.39, 0.29) is 28.5 Å². The average molecular weight is 586 g/mol. The Balaban J connectivity index is 0.000000517. The number of rotatable bonds is 15. The molecule has 2 aromatic heterocycles. The lowest BCUT2D eigenvalue weighted by molar-refractivity contribution is -0.0502. The minimum Gasteiger partial charge on any atom is -0.496 e. The number of amides is 1. The first-order valence-corrected chi connectivity index (χ1v) is 15.4. The van der Waals surface area contributed by atoms with Crippen LogP contribution in [0, 0.1) is 0 Å². The van der Waals surface area contributed by atoms with Crippen molar-refractivity contribution in [3.05, 3.63) is 47.8 Å². The molecule has 1 aromatic carbocycles. The summed E-state index contributed by atoms with van der Waals surface area (Å²) in [4.78, 5) is 17.4. The lowest BCUT2D eigenvalue weighted by atomic mass is 9.91. The van der Waals surface area contributed by atoms with Crippen molar-refractivity contribution in [3.8, 4) is 22.8 Å². The standard InChI is InChI=1S/C27H31F2N3O3.C6H14O/c1-3-4-5-9-27(10-11-27)18-8-12-32-20(16-30-23(32)15-18)17-13-21(34-2)24(22(14-17)35-26(28)29)25(33)31-19-6-7-19;1-3-5-7-6-4-2/h8,12-16,19,26H,3-7,9-11H2,1-2H3,(H,31,33);3-6H2,1-2H3. The van der Waals surface area contributed by atoms with Gasteiger partial charge in [0, 0.05) is 31.0 Å². The molecule has 0 saturated heterocycles. The van der Waals surface area contributed by atoms with Crippen LogP contribution >= 0.6 is 0 Å². The highest BCUT2D eigenvalue weighted by Crippen LogP contribution is 2.52. The van der Waals surface area contributed by atoms with E-state index in [1.165, 1.54) is 57.3 Å². The predicted molar refractivity (Wildman–Crippen MR) is 161 cm³/mol. The molecular weight excluding hydrogens is 540 g/mol. The highest BCUT2D eigenvalue weighted by Gasteiger charge is 2.43. The number of nitrogens with zero attached hydrogens (tertiary/aromatic N) is 2. The maximum Gasteiger partial charge on any atom is 0.387 e. The van der Waals surface area contributed by atoms with Gasteiger partial charge in [0.15, 0.2) is 0 Å². The van der Waals surface area contributed by atoms with Crippen LogP contribution in [0.2, 0.25) is 0 Å². The summed E-state index contributed by atoms with van der Waals surface area (Å²) in [5.41, 5.74) is 3.62. The number of methoxy groups -OCH3 is 1. The summed E-state index contributed by atoms with van der Waals surface area (Å²) in [5, 5.41) is 2.83. The van der Waals surface area contributed by atoms with Crippen molar-refractivity contribution in [1.29, 1.82) is 0 Å². The number of hydrogen-bond acceptors (Lipinski definition) is 5. The van der Waals surface area contributed by atoms with Crippen molar-refractivity contribution in [2.45, 2.75) is 103 Å². The highest BCUT2D eigenvalue weighted by atomic mass is 19.3. The van der Waals surface area contributed by atoms with Gasteiger partial charge in [0.1, 0.15) is 22.7 Å². The summed E-state index contributed by atoms with van der Waals surface area (Å²) in [6.45, 7) is 5.23. The summed E-state index contributed by atoms with van der Waals surface area (Å²) < 4.78 is 43.8. The molecule has 7 nitrogen and oxygen atoms in total. The van der Waals surface area contributed by atoms with E-state index in [4.69, 9.17) is 14.2 Å². The van der Waals surface area contributed by atoms with Crippen LogP contribution < -0.4 is 14.8 Å². The van der Waals surface area contributed by atoms with Gasteiger partial charge in [-0.05, 0) is 80.2 Å². The number of nitrogens with one attached hydrogen (secondary N) is 1. The summed E-state index contributed by atoms with van der Waals surface area (Å²) in [7, 11) is 1.41. The summed E-state index contributed by atoms with van der Waals surface area (Å²) in [6, 6.07) is 7.47. The molecule has 42 heavy (non-hydrogen) atoms. The Morgan fingerprint density at radius 1 is 1.07 bits per heavy atom. The van der Waals surface area contributed by atoms with Gasteiger partial charge in [-0.1, -0.05) is 40.0 Å². The van der Waals surface area contributed by atoms with Gasteiger partial charge < -0.3 is 19.5 Å². The molecule has 2 heterocycles. The van der Waals surface area contributed by atoms with Crippen molar-refractivity contribution in [1.82, 2.24) is 14.7 Å². The quantitative estimate of drug-likeness (QED) is 0.183. The maximum atomic E-state index is 13.3. The van der Waals surface area contributed by atoms with Crippen molar-refractivity contribution < 1.29 is 27.8 Å². The van der Waals surface area contributed by atoms with Crippen molar-refractivity contribution in [2.24, 2.45) is 0 Å². The largest absolute Gasteiger partial charge is 0.496 e. The van der Waals surface area contributed by atoms with E-state index in [1.54, 1.807) is 12.3 Å². The second-order valence-electron chi connectivity index (χ2n) is 11.3. The van der Waals surface area contributed by atoms with Gasteiger partial charge in [-0.15, -0.1) is 0 Å². The smallest absolute Gasteiger partial charge is 0.387 e. The fourth-order valence-corrected chi connectivity index (χ4v) is 5.26. The Hall–Kier alpha value is -3.20. The zero-order chi connectivity index (χ0) is 30.1. The summed E-state index contributed by atoms with van der Waals surface area (Å²) in [5.74, 6) is -0.519. The third-order valence-electron chi connectivity index (χ3n) is 7.87. The molecule has 1 N–H and O–H groups in total. The van der Waals surface area contributed by atoms with Crippen LogP contribution in [0.3, 0.4) is 0 Å². The lowest BCUT2D eigenvalue weighted by Crippen LogP contribution is -2.26. The number of pyridine rings is 1. The molecule has 2 saturated carbocycles. The number of carbonyl (C=O) groups excluding carboxylic acids is 1. The third kappa shape index (κ3) is 8.00. The number of alkyl halides is 2. The monoisotopic (exact) mass is 585 g/mol. The fourth-order valence-electron chi connectivity index (χ4n) is 5.26. The second kappa shape index (κ2) is 14.8. The molecule has 5 rings (SSSR count). The van der Waals surface area contributed by atoms with Gasteiger partial charge >= 0.3 is 6.61 Å². The Kier molecular flexibility index (Phi) is 11.2. The SMILES string of the molecule is CCCCCC1(c2ccn3c(-c4cc(OC)c(C(=O)NC5CC5)c(OC(F)F)c4)cnc3c2)CC1.CCCOCCC. The molecule has 0 bridgehead atoms. The summed E-state index contributed by atoms with van der Waals surface area (Å²) in [6.07, 6.45) is 15.0. The van der Waals surface area contributed by atoms with E-state index >= 15 is 0 Å². The average Bonchev–Trinajstić information content (AvgIpc) is 3.91. The summed E-state index contributed by atoms with van der Waals surface area (Å²) >= 11 is 0. The van der Waals surface area contributed by atoms with Crippen molar-refractivity contribution >= 4 is 11.6 Å². The van der Waals surface area contributed by atoms with Gasteiger partial charge in [-0.25, -0.2) is 4.98 Å². The zero-order valence-corrected chi connectivity index (χ0v) is 25.4. The topological polar surface area (TPSA) is 74.1 Å². The highest BCUT2D eigenvalue weighted by molar-refractivity contribution is 6.01. The Labute approximate surface area is 248 Å². The van der Waals surface area contributed by atoms with Gasteiger partial charge in [0.2, 0.25) is 0 Å². The van der Waals surface area contributed by atoms with Gasteiger partial charge in [0.05, 0.1) is 19.0 Å². The minimum absolute atomic E-state index is 0.0256. The van der Waals surface area contributed by atoms with E-state index in [2.05, 4.69) is 43.2 Å². The normalized spacial score (nSPS) is 15.3. The first-order chi connectivity index (χ1) is 20.4. The molecule has 2 aliphatic carbocycles. The van der Waals surface area contributed by atoms with Crippen LogP contribution in [-0.4, -0.2) is 48.3 Å². The van der Waals surface area contributed by atoms with Crippen LogP contribution in [0.25, 0.3) is 16.9 Å². The van der Waals surface area contributed by atoms with Crippen molar-refractivity contribution in [2.75, 3.05) is 20.3 Å². The zero-order valence-electron chi connectivity index (χ0n) is 25.4. The van der Waals surface area contributed by atoms with Crippen molar-refractivity contribution in [3.63, 3.8) is 0 Å². The van der Waals surface area contributed by atoms with Gasteiger partial charge in [-0.2, -0.15) is 8.78 Å². The molecule has 0 atom stereocenters. The van der Waals surface area contributed by atoms with Crippen LogP contribution in [0.4, 0.5) is 8.78 Å². The number of benzene rings is 1. The van der Waals surface area contributed by atoms with E-state index in [0.29, 0.717) is 11.3 Å². The number of fused-ring (bicyclic) bond motifs is 1. The molecule has 0 unspecified atom stereocenters. The molecule has 2 aliphatic rings. The molecule has 9 heteroatoms. The number of carbonyl (C=O) groups is 1. The fraction of sp³-hybridized carbons (Fsp3) is 0.576. The molecule has 2 fully saturated rings. The first kappa shape index (κ1) is 31.7. The van der Waals surface area contributed by atoms with E-state index < -0.39 is 12.5 Å². The molecule has 3 aromatic rings. The third-order valence-corrected chi connectivity index (χ3v) is 7.87. The number of aromatic nitrogens is 2. The number of imidazole rings is 1. The van der Waals surface area contributed by atoms with Crippen LogP contribution in [-0.2, 0) is 10.2 Å². The number of ether oxygens (including phenoxy) is 3. The molecular formula is C33H45F2N3O4. The molecule has 0 aliphatic heterocycles. The Morgan fingerprint density at radius 3 is 2.38 bits per heavy atom. The Morgan fingerprint density at radius 2 is 1.79 bits per heavy atom. The minimum atomic E-state index is -3.07. The second-order valence-corrected chi connectivity index (χ2v) is 11.3. The Bertz CT molecular complexity index is 1310. The van der Waals surface area contributed by atoms with Crippen LogP contribution in [0.15, 0.2) is 36.7 Å². The number of unbranched alkanes of at least 4 members (excludes halogenated alkanes) is 2. The van der Waals surface area contributed by atoms with E-state index in [1.807, 2.05) is 10.6 Å².